The van der Waals surface area contributed by atoms with Crippen LogP contribution in [0.15, 0.2) is 45.4 Å². The van der Waals surface area contributed by atoms with Crippen molar-refractivity contribution in [2.45, 2.75) is 32.0 Å². The molecule has 7 heteroatoms. The largest absolute Gasteiger partial charge is 0.411 e. The van der Waals surface area contributed by atoms with Gasteiger partial charge < -0.3 is 9.73 Å². The second-order valence-corrected chi connectivity index (χ2v) is 7.75. The smallest absolute Gasteiger partial charge is 0.277 e. The van der Waals surface area contributed by atoms with Crippen LogP contribution in [-0.4, -0.2) is 21.9 Å². The Hall–Kier alpha value is -2.12. The van der Waals surface area contributed by atoms with Crippen LogP contribution < -0.4 is 5.32 Å². The zero-order chi connectivity index (χ0) is 17.8. The number of thioether (sulfide) groups is 1. The van der Waals surface area contributed by atoms with Crippen molar-refractivity contribution in [1.82, 2.24) is 15.5 Å². The molecule has 0 fully saturated rings. The van der Waals surface area contributed by atoms with Gasteiger partial charge in [0.05, 0.1) is 11.8 Å². The van der Waals surface area contributed by atoms with Gasteiger partial charge in [-0.3, -0.25) is 4.79 Å². The van der Waals surface area contributed by atoms with Crippen LogP contribution in [-0.2, 0) is 4.79 Å². The molecule has 0 saturated carbocycles. The lowest BCUT2D eigenvalue weighted by Crippen LogP contribution is -2.27. The van der Waals surface area contributed by atoms with Crippen molar-refractivity contribution in [1.29, 1.82) is 0 Å². The average Bonchev–Trinajstić information content (AvgIpc) is 3.24. The highest BCUT2D eigenvalue weighted by atomic mass is 32.2. The number of hydrogen-bond acceptors (Lipinski definition) is 6. The van der Waals surface area contributed by atoms with E-state index < -0.39 is 0 Å². The summed E-state index contributed by atoms with van der Waals surface area (Å²) < 4.78 is 5.67. The molecule has 1 amide bonds. The van der Waals surface area contributed by atoms with E-state index in [9.17, 15) is 4.79 Å². The average molecular weight is 374 g/mol. The Kier molecular flexibility index (Phi) is 5.55. The number of thiophene rings is 1. The first-order chi connectivity index (χ1) is 12.0. The van der Waals surface area contributed by atoms with Gasteiger partial charge in [-0.1, -0.05) is 35.0 Å². The van der Waals surface area contributed by atoms with Gasteiger partial charge in [-0.15, -0.1) is 21.5 Å². The van der Waals surface area contributed by atoms with Gasteiger partial charge >= 0.3 is 0 Å². The third-order valence-corrected chi connectivity index (χ3v) is 5.42. The zero-order valence-electron chi connectivity index (χ0n) is 14.3. The number of aromatic nitrogens is 2. The molecule has 1 atom stereocenters. The molecule has 0 unspecified atom stereocenters. The number of nitrogens with one attached hydrogen (secondary N) is 1. The van der Waals surface area contributed by atoms with Gasteiger partial charge in [-0.25, -0.2) is 0 Å². The lowest BCUT2D eigenvalue weighted by Gasteiger charge is -2.11. The molecule has 0 saturated heterocycles. The summed E-state index contributed by atoms with van der Waals surface area (Å²) in [5, 5.41) is 13.5. The predicted octanol–water partition coefficient (Wildman–Crippen LogP) is 4.38. The molecule has 130 valence electrons. The molecule has 2 heterocycles. The molecule has 0 aliphatic heterocycles. The molecule has 0 bridgehead atoms. The van der Waals surface area contributed by atoms with Gasteiger partial charge in [0.25, 0.3) is 5.22 Å². The number of rotatable bonds is 6. The van der Waals surface area contributed by atoms with E-state index in [0.717, 1.165) is 21.6 Å². The van der Waals surface area contributed by atoms with Crippen molar-refractivity contribution in [2.24, 2.45) is 0 Å². The normalized spacial score (nSPS) is 12.1. The predicted molar refractivity (Wildman–Crippen MR) is 101 cm³/mol. The topological polar surface area (TPSA) is 68.0 Å². The SMILES string of the molecule is Cc1cc(C)cc(-c2nnc(SCC(=O)N[C@H](C)c3cccs3)o2)c1. The molecule has 2 aromatic heterocycles. The molecule has 25 heavy (non-hydrogen) atoms. The van der Waals surface area contributed by atoms with Crippen LogP contribution in [0.3, 0.4) is 0 Å². The highest BCUT2D eigenvalue weighted by molar-refractivity contribution is 7.99. The quantitative estimate of drug-likeness (QED) is 0.649. The first-order valence-corrected chi connectivity index (χ1v) is 9.75. The third-order valence-electron chi connectivity index (χ3n) is 3.55. The molecular formula is C18H19N3O2S2. The highest BCUT2D eigenvalue weighted by Crippen LogP contribution is 2.25. The summed E-state index contributed by atoms with van der Waals surface area (Å²) in [4.78, 5) is 13.2. The fourth-order valence-electron chi connectivity index (χ4n) is 2.50. The highest BCUT2D eigenvalue weighted by Gasteiger charge is 2.14. The van der Waals surface area contributed by atoms with E-state index in [-0.39, 0.29) is 17.7 Å². The summed E-state index contributed by atoms with van der Waals surface area (Å²) in [5.74, 6) is 0.656. The Bertz CT molecular complexity index is 839. The summed E-state index contributed by atoms with van der Waals surface area (Å²) in [6.07, 6.45) is 0. The lowest BCUT2D eigenvalue weighted by molar-refractivity contribution is -0.119. The molecule has 0 spiro atoms. The molecule has 1 N–H and O–H groups in total. The molecule has 3 rings (SSSR count). The molecule has 0 aliphatic carbocycles. The van der Waals surface area contributed by atoms with E-state index in [1.165, 1.54) is 11.8 Å². The number of carbonyl (C=O) groups excluding carboxylic acids is 1. The Morgan fingerprint density at radius 3 is 2.72 bits per heavy atom. The Labute approximate surface area is 154 Å². The van der Waals surface area contributed by atoms with Crippen molar-refractivity contribution in [3.8, 4) is 11.5 Å². The van der Waals surface area contributed by atoms with E-state index in [0.29, 0.717) is 11.1 Å². The summed E-state index contributed by atoms with van der Waals surface area (Å²) in [5.41, 5.74) is 3.18. The molecule has 5 nitrogen and oxygen atoms in total. The van der Waals surface area contributed by atoms with Crippen LogP contribution >= 0.6 is 23.1 Å². The van der Waals surface area contributed by atoms with E-state index in [2.05, 4.69) is 21.6 Å². The summed E-state index contributed by atoms with van der Waals surface area (Å²) in [6, 6.07) is 10.1. The number of carbonyl (C=O) groups is 1. The van der Waals surface area contributed by atoms with Crippen molar-refractivity contribution in [2.75, 3.05) is 5.75 Å². The second kappa shape index (κ2) is 7.84. The number of nitrogens with zero attached hydrogens (tertiary/aromatic N) is 2. The minimum Gasteiger partial charge on any atom is -0.411 e. The van der Waals surface area contributed by atoms with Gasteiger partial charge in [0.1, 0.15) is 0 Å². The molecular weight excluding hydrogens is 354 g/mol. The Morgan fingerprint density at radius 2 is 2.04 bits per heavy atom. The van der Waals surface area contributed by atoms with E-state index in [4.69, 9.17) is 4.42 Å². The maximum Gasteiger partial charge on any atom is 0.277 e. The van der Waals surface area contributed by atoms with E-state index in [1.807, 2.05) is 50.4 Å². The fraction of sp³-hybridized carbons (Fsp3) is 0.278. The van der Waals surface area contributed by atoms with Crippen molar-refractivity contribution in [3.63, 3.8) is 0 Å². The van der Waals surface area contributed by atoms with Gasteiger partial charge in [-0.2, -0.15) is 0 Å². The second-order valence-electron chi connectivity index (χ2n) is 5.84. The van der Waals surface area contributed by atoms with Crippen LogP contribution in [0, 0.1) is 13.8 Å². The minimum absolute atomic E-state index is 0.00150. The zero-order valence-corrected chi connectivity index (χ0v) is 15.9. The summed E-state index contributed by atoms with van der Waals surface area (Å²) in [7, 11) is 0. The number of aryl methyl sites for hydroxylation is 2. The van der Waals surface area contributed by atoms with Crippen LogP contribution in [0.25, 0.3) is 11.5 Å². The Balaban J connectivity index is 1.57. The standard InChI is InChI=1S/C18H19N3O2S2/c1-11-7-12(2)9-14(8-11)17-20-21-18(23-17)25-10-16(22)19-13(3)15-5-4-6-24-15/h4-9,13H,10H2,1-3H3,(H,19,22)/t13-/m1/s1. The molecule has 3 aromatic rings. The van der Waals surface area contributed by atoms with E-state index >= 15 is 0 Å². The maximum atomic E-state index is 12.1. The van der Waals surface area contributed by atoms with Gasteiger partial charge in [0, 0.05) is 10.4 Å². The first-order valence-electron chi connectivity index (χ1n) is 7.89. The Morgan fingerprint density at radius 1 is 1.28 bits per heavy atom. The van der Waals surface area contributed by atoms with Crippen LogP contribution in [0.4, 0.5) is 0 Å². The minimum atomic E-state index is -0.0583. The van der Waals surface area contributed by atoms with Gasteiger partial charge in [0.15, 0.2) is 0 Å². The number of hydrogen-bond donors (Lipinski definition) is 1. The van der Waals surface area contributed by atoms with Crippen LogP contribution in [0.5, 0.6) is 0 Å². The van der Waals surface area contributed by atoms with Crippen molar-refractivity contribution in [3.05, 3.63) is 51.7 Å². The monoisotopic (exact) mass is 373 g/mol. The first kappa shape index (κ1) is 17.7. The summed E-state index contributed by atoms with van der Waals surface area (Å²) >= 11 is 2.87. The van der Waals surface area contributed by atoms with E-state index in [1.54, 1.807) is 11.3 Å². The fourth-order valence-corrected chi connectivity index (χ4v) is 3.81. The van der Waals surface area contributed by atoms with Gasteiger partial charge in [0.2, 0.25) is 11.8 Å². The van der Waals surface area contributed by atoms with Crippen LogP contribution in [0.2, 0.25) is 0 Å². The third kappa shape index (κ3) is 4.70. The molecule has 0 aliphatic rings. The maximum absolute atomic E-state index is 12.1. The lowest BCUT2D eigenvalue weighted by atomic mass is 10.1. The van der Waals surface area contributed by atoms with Gasteiger partial charge in [-0.05, 0) is 44.4 Å². The molecule has 1 aromatic carbocycles. The van der Waals surface area contributed by atoms with Crippen molar-refractivity contribution < 1.29 is 9.21 Å². The molecule has 0 radical (unpaired) electrons. The summed E-state index contributed by atoms with van der Waals surface area (Å²) in [6.45, 7) is 6.03. The van der Waals surface area contributed by atoms with Crippen molar-refractivity contribution >= 4 is 29.0 Å². The number of amides is 1. The van der Waals surface area contributed by atoms with Crippen LogP contribution in [0.1, 0.15) is 29.0 Å². The number of benzene rings is 1.